The van der Waals surface area contributed by atoms with Crippen LogP contribution in [0, 0.1) is 20.8 Å². The summed E-state index contributed by atoms with van der Waals surface area (Å²) in [6, 6.07) is 17.2. The SMILES string of the molecule is COc1ccc(Cl)cc1/C(O)=C1\C(=O)C(=O)N(c2ccc(C)c(C)c2)C1c1c(C)[nH]c2ccccc12. The molecule has 0 radical (unpaired) electrons. The summed E-state index contributed by atoms with van der Waals surface area (Å²) >= 11 is 6.23. The Morgan fingerprint density at radius 3 is 2.47 bits per heavy atom. The maximum Gasteiger partial charge on any atom is 0.300 e. The molecule has 0 aliphatic carbocycles. The molecule has 2 heterocycles. The lowest BCUT2D eigenvalue weighted by atomic mass is 9.92. The monoisotopic (exact) mass is 500 g/mol. The smallest absolute Gasteiger partial charge is 0.300 e. The van der Waals surface area contributed by atoms with Gasteiger partial charge in [0.25, 0.3) is 11.7 Å². The van der Waals surface area contributed by atoms with E-state index in [2.05, 4.69) is 4.98 Å². The third-order valence-electron chi connectivity index (χ3n) is 6.85. The highest BCUT2D eigenvalue weighted by molar-refractivity contribution is 6.52. The van der Waals surface area contributed by atoms with Crippen molar-refractivity contribution in [3.05, 3.63) is 99.2 Å². The van der Waals surface area contributed by atoms with Crippen molar-refractivity contribution in [1.82, 2.24) is 4.98 Å². The molecule has 7 heteroatoms. The fourth-order valence-corrected chi connectivity index (χ4v) is 5.08. The number of nitrogens with zero attached hydrogens (tertiary/aromatic N) is 1. The normalized spacial score (nSPS) is 17.2. The molecule has 1 aliphatic rings. The fourth-order valence-electron chi connectivity index (χ4n) is 4.91. The number of nitrogens with one attached hydrogen (secondary N) is 1. The number of rotatable bonds is 4. The van der Waals surface area contributed by atoms with Crippen LogP contribution in [0.25, 0.3) is 16.7 Å². The molecule has 1 fully saturated rings. The van der Waals surface area contributed by atoms with Crippen LogP contribution in [0.1, 0.15) is 34.0 Å². The molecule has 1 aromatic heterocycles. The lowest BCUT2D eigenvalue weighted by Gasteiger charge is -2.26. The van der Waals surface area contributed by atoms with E-state index < -0.39 is 17.7 Å². The number of aryl methyl sites for hydroxylation is 3. The van der Waals surface area contributed by atoms with Crippen molar-refractivity contribution < 1.29 is 19.4 Å². The average Bonchev–Trinajstić information content (AvgIpc) is 3.32. The number of hydrogen-bond donors (Lipinski definition) is 2. The Bertz CT molecular complexity index is 1580. The van der Waals surface area contributed by atoms with Gasteiger partial charge in [0.15, 0.2) is 0 Å². The largest absolute Gasteiger partial charge is 0.507 e. The van der Waals surface area contributed by atoms with E-state index in [9.17, 15) is 14.7 Å². The van der Waals surface area contributed by atoms with Gasteiger partial charge in [-0.25, -0.2) is 0 Å². The number of aliphatic hydroxyl groups is 1. The van der Waals surface area contributed by atoms with Crippen LogP contribution in [0.2, 0.25) is 5.02 Å². The minimum atomic E-state index is -0.869. The van der Waals surface area contributed by atoms with Gasteiger partial charge in [-0.05, 0) is 68.3 Å². The van der Waals surface area contributed by atoms with Gasteiger partial charge in [-0.1, -0.05) is 35.9 Å². The molecule has 182 valence electrons. The second-order valence-electron chi connectivity index (χ2n) is 8.99. The first-order chi connectivity index (χ1) is 17.2. The molecule has 3 aromatic carbocycles. The molecule has 2 N–H and O–H groups in total. The highest BCUT2D eigenvalue weighted by Gasteiger charge is 2.48. The summed E-state index contributed by atoms with van der Waals surface area (Å²) in [5, 5.41) is 12.8. The van der Waals surface area contributed by atoms with E-state index in [0.717, 1.165) is 33.3 Å². The van der Waals surface area contributed by atoms with E-state index in [1.165, 1.54) is 18.1 Å². The number of amides is 1. The number of Topliss-reactive ketones (excluding diaryl/α,β-unsaturated/α-hetero) is 1. The Hall–Kier alpha value is -4.03. The lowest BCUT2D eigenvalue weighted by Crippen LogP contribution is -2.29. The number of ketones is 1. The third-order valence-corrected chi connectivity index (χ3v) is 7.08. The third kappa shape index (κ3) is 3.65. The number of carbonyl (C=O) groups is 2. The van der Waals surface area contributed by atoms with Crippen LogP contribution in [-0.2, 0) is 9.59 Å². The molecule has 1 atom stereocenters. The predicted molar refractivity (Wildman–Crippen MR) is 142 cm³/mol. The van der Waals surface area contributed by atoms with Gasteiger partial charge in [0.2, 0.25) is 0 Å². The molecule has 6 nitrogen and oxygen atoms in total. The molecule has 1 saturated heterocycles. The molecule has 1 amide bonds. The highest BCUT2D eigenvalue weighted by atomic mass is 35.5. The molecular formula is C29H25ClN2O4. The molecule has 1 unspecified atom stereocenters. The molecule has 5 rings (SSSR count). The average molecular weight is 501 g/mol. The summed E-state index contributed by atoms with van der Waals surface area (Å²) < 4.78 is 5.43. The molecule has 36 heavy (non-hydrogen) atoms. The fraction of sp³-hybridized carbons (Fsp3) is 0.172. The standard InChI is InChI=1S/C29H25ClN2O4/c1-15-9-11-19(13-16(15)2)32-26(24-17(3)31-22-8-6-5-7-20(22)24)25(28(34)29(32)35)27(33)21-14-18(30)10-12-23(21)36-4/h5-14,26,31,33H,1-4H3/b27-25+. The number of aromatic nitrogens is 1. The Balaban J connectivity index is 1.85. The van der Waals surface area contributed by atoms with Crippen molar-refractivity contribution in [2.24, 2.45) is 0 Å². The molecule has 0 bridgehead atoms. The van der Waals surface area contributed by atoms with E-state index in [1.807, 2.05) is 63.2 Å². The maximum absolute atomic E-state index is 13.6. The zero-order valence-electron chi connectivity index (χ0n) is 20.3. The quantitative estimate of drug-likeness (QED) is 0.193. The van der Waals surface area contributed by atoms with Crippen LogP contribution in [0.3, 0.4) is 0 Å². The number of hydrogen-bond acceptors (Lipinski definition) is 4. The van der Waals surface area contributed by atoms with Crippen molar-refractivity contribution in [3.8, 4) is 5.75 Å². The van der Waals surface area contributed by atoms with Gasteiger partial charge in [-0.15, -0.1) is 0 Å². The van der Waals surface area contributed by atoms with Crippen LogP contribution >= 0.6 is 11.6 Å². The minimum Gasteiger partial charge on any atom is -0.507 e. The van der Waals surface area contributed by atoms with Crippen LogP contribution in [0.15, 0.2) is 66.2 Å². The summed E-state index contributed by atoms with van der Waals surface area (Å²) in [5.41, 5.74) is 5.26. The number of methoxy groups -OCH3 is 1. The van der Waals surface area contributed by atoms with E-state index >= 15 is 0 Å². The first-order valence-corrected chi connectivity index (χ1v) is 11.9. The van der Waals surface area contributed by atoms with E-state index in [0.29, 0.717) is 16.5 Å². The summed E-state index contributed by atoms with van der Waals surface area (Å²) in [4.78, 5) is 32.0. The van der Waals surface area contributed by atoms with Crippen molar-refractivity contribution in [2.75, 3.05) is 12.0 Å². The zero-order valence-corrected chi connectivity index (χ0v) is 21.1. The van der Waals surface area contributed by atoms with Gasteiger partial charge in [-0.3, -0.25) is 14.5 Å². The molecule has 0 saturated carbocycles. The second kappa shape index (κ2) is 8.88. The van der Waals surface area contributed by atoms with Crippen LogP contribution in [0.5, 0.6) is 5.75 Å². The summed E-state index contributed by atoms with van der Waals surface area (Å²) in [6.45, 7) is 5.84. The van der Waals surface area contributed by atoms with Crippen molar-refractivity contribution in [2.45, 2.75) is 26.8 Å². The topological polar surface area (TPSA) is 82.6 Å². The lowest BCUT2D eigenvalue weighted by molar-refractivity contribution is -0.132. The van der Waals surface area contributed by atoms with Crippen molar-refractivity contribution >= 4 is 45.6 Å². The van der Waals surface area contributed by atoms with E-state index in [4.69, 9.17) is 16.3 Å². The van der Waals surface area contributed by atoms with Crippen LogP contribution in [0.4, 0.5) is 5.69 Å². The Kier molecular flexibility index (Phi) is 5.85. The number of para-hydroxylation sites is 1. The predicted octanol–water partition coefficient (Wildman–Crippen LogP) is 6.38. The summed E-state index contributed by atoms with van der Waals surface area (Å²) in [5.74, 6) is -1.49. The van der Waals surface area contributed by atoms with Gasteiger partial charge in [0, 0.05) is 32.9 Å². The van der Waals surface area contributed by atoms with Gasteiger partial charge in [0.1, 0.15) is 11.5 Å². The van der Waals surface area contributed by atoms with Crippen molar-refractivity contribution in [1.29, 1.82) is 0 Å². The second-order valence-corrected chi connectivity index (χ2v) is 9.43. The van der Waals surface area contributed by atoms with Gasteiger partial charge in [0.05, 0.1) is 24.3 Å². The van der Waals surface area contributed by atoms with Crippen LogP contribution in [-0.4, -0.2) is 28.9 Å². The number of halogens is 1. The number of ether oxygens (including phenoxy) is 1. The molecule has 0 spiro atoms. The number of carbonyl (C=O) groups excluding carboxylic acids is 2. The zero-order chi connectivity index (χ0) is 25.7. The number of benzene rings is 3. The van der Waals surface area contributed by atoms with Gasteiger partial charge < -0.3 is 14.8 Å². The Morgan fingerprint density at radius 2 is 1.75 bits per heavy atom. The number of aliphatic hydroxyl groups excluding tert-OH is 1. The van der Waals surface area contributed by atoms with E-state index in [-0.39, 0.29) is 16.9 Å². The van der Waals surface area contributed by atoms with Gasteiger partial charge >= 0.3 is 0 Å². The van der Waals surface area contributed by atoms with Gasteiger partial charge in [-0.2, -0.15) is 0 Å². The Morgan fingerprint density at radius 1 is 1.00 bits per heavy atom. The molecule has 4 aromatic rings. The Labute approximate surface area is 213 Å². The first kappa shape index (κ1) is 23.7. The number of anilines is 1. The van der Waals surface area contributed by atoms with Crippen molar-refractivity contribution in [3.63, 3.8) is 0 Å². The number of H-pyrrole nitrogens is 1. The molecule has 1 aliphatic heterocycles. The number of fused-ring (bicyclic) bond motifs is 1. The first-order valence-electron chi connectivity index (χ1n) is 11.5. The molecular weight excluding hydrogens is 476 g/mol. The minimum absolute atomic E-state index is 0.0216. The highest BCUT2D eigenvalue weighted by Crippen LogP contribution is 2.46. The summed E-state index contributed by atoms with van der Waals surface area (Å²) in [6.07, 6.45) is 0. The number of aromatic amines is 1. The van der Waals surface area contributed by atoms with E-state index in [1.54, 1.807) is 12.1 Å². The summed E-state index contributed by atoms with van der Waals surface area (Å²) in [7, 11) is 1.47. The van der Waals surface area contributed by atoms with Crippen LogP contribution < -0.4 is 9.64 Å². The maximum atomic E-state index is 13.6.